The third-order valence-electron chi connectivity index (χ3n) is 12.6. The van der Waals surface area contributed by atoms with Gasteiger partial charge in [0.05, 0.1) is 6.34 Å². The third kappa shape index (κ3) is 27.2. The number of nitrogens with zero attached hydrogens (tertiary/aromatic N) is 5. The Kier molecular flexibility index (Phi) is 30.7. The van der Waals surface area contributed by atoms with Gasteiger partial charge in [0.2, 0.25) is 12.3 Å². The Bertz CT molecular complexity index is 2860. The molecular formula is C59H81N13O16. The molecule has 9 rings (SSSR count). The number of aromatic amines is 1. The molecule has 29 heteroatoms. The van der Waals surface area contributed by atoms with Gasteiger partial charge in [-0.2, -0.15) is 5.10 Å². The van der Waals surface area contributed by atoms with Crippen LogP contribution in [0, 0.1) is 0 Å². The molecule has 478 valence electrons. The molecule has 5 aromatic rings. The molecule has 13 N–H and O–H groups in total. The smallest absolute Gasteiger partial charge is 0.408 e. The number of nitrogens with one attached hydrogen (secondary N) is 5. The fourth-order valence-corrected chi connectivity index (χ4v) is 7.20. The fraction of sp³-hybridized carbons (Fsp3) is 0.407. The Morgan fingerprint density at radius 3 is 1.15 bits per heavy atom. The SMILES string of the molecule is CC(=O)O.CN(C)C=NC(=O)C1(NC(=O)OCc2ccccc2)CC1.COC(OC)N(C)C.NC(=O)C1(NC(=O)OCc2ccccc2)CC1.NN.O=C(NC1(C(=O)O)CC1)OCc1ccccc1.O=C(NC1(c2ncn[nH]2)CC1)OCc1ccccc1. The van der Waals surface area contributed by atoms with Crippen molar-refractivity contribution in [3.8, 4) is 0 Å². The van der Waals surface area contributed by atoms with Crippen LogP contribution in [0.2, 0.25) is 0 Å². The topological polar surface area (TPSA) is 419 Å². The summed E-state index contributed by atoms with van der Waals surface area (Å²) in [6.07, 6.45) is 5.32. The molecule has 0 saturated heterocycles. The van der Waals surface area contributed by atoms with Crippen LogP contribution in [0.15, 0.2) is 133 Å². The first-order valence-corrected chi connectivity index (χ1v) is 27.3. The fourth-order valence-electron chi connectivity index (χ4n) is 7.20. The van der Waals surface area contributed by atoms with Crippen LogP contribution in [0.1, 0.15) is 86.4 Å². The molecule has 1 heterocycles. The van der Waals surface area contributed by atoms with Crippen LogP contribution < -0.4 is 38.7 Å². The molecule has 4 aromatic carbocycles. The second-order valence-electron chi connectivity index (χ2n) is 20.4. The number of carboxylic acids is 2. The number of hydrogen-bond acceptors (Lipinski definition) is 19. The molecule has 0 aliphatic heterocycles. The van der Waals surface area contributed by atoms with Gasteiger partial charge in [0, 0.05) is 35.2 Å². The molecule has 0 unspecified atom stereocenters. The number of primary amides is 1. The number of aliphatic imine (C=N–C) groups is 1. The lowest BCUT2D eigenvalue weighted by Crippen LogP contribution is -2.46. The summed E-state index contributed by atoms with van der Waals surface area (Å²) >= 11 is 0. The zero-order valence-electron chi connectivity index (χ0n) is 50.3. The van der Waals surface area contributed by atoms with E-state index in [0.29, 0.717) is 44.3 Å². The number of amides is 6. The predicted molar refractivity (Wildman–Crippen MR) is 319 cm³/mol. The number of hydrazine groups is 1. The number of carbonyl (C=O) groups excluding carboxylic acids is 6. The summed E-state index contributed by atoms with van der Waals surface area (Å²) in [7, 11) is 10.5. The van der Waals surface area contributed by atoms with Crippen molar-refractivity contribution in [2.24, 2.45) is 22.4 Å². The van der Waals surface area contributed by atoms with Gasteiger partial charge >= 0.3 is 30.3 Å². The summed E-state index contributed by atoms with van der Waals surface area (Å²) in [4.78, 5) is 101. The minimum Gasteiger partial charge on any atom is -0.481 e. The van der Waals surface area contributed by atoms with Gasteiger partial charge in [0.1, 0.15) is 60.7 Å². The highest BCUT2D eigenvalue weighted by Gasteiger charge is 2.53. The molecule has 0 spiro atoms. The minimum absolute atomic E-state index is 0.141. The maximum absolute atomic E-state index is 11.9. The largest absolute Gasteiger partial charge is 0.481 e. The number of carbonyl (C=O) groups is 8. The van der Waals surface area contributed by atoms with Crippen LogP contribution in [-0.4, -0.2) is 155 Å². The van der Waals surface area contributed by atoms with E-state index in [0.717, 1.165) is 42.0 Å². The Labute approximate surface area is 509 Å². The molecule has 4 fully saturated rings. The van der Waals surface area contributed by atoms with Gasteiger partial charge in [0.25, 0.3) is 11.9 Å². The van der Waals surface area contributed by atoms with Crippen LogP contribution in [0.25, 0.3) is 0 Å². The Morgan fingerprint density at radius 2 is 0.898 bits per heavy atom. The monoisotopic (exact) mass is 1230 g/mol. The van der Waals surface area contributed by atoms with E-state index in [2.05, 4.69) is 53.1 Å². The first-order chi connectivity index (χ1) is 42.0. The predicted octanol–water partition coefficient (Wildman–Crippen LogP) is 4.78. The van der Waals surface area contributed by atoms with Crippen molar-refractivity contribution < 1.29 is 77.0 Å². The summed E-state index contributed by atoms with van der Waals surface area (Å²) in [6, 6.07) is 37.5. The molecule has 0 atom stereocenters. The summed E-state index contributed by atoms with van der Waals surface area (Å²) in [6.45, 7) is 1.85. The summed E-state index contributed by atoms with van der Waals surface area (Å²) in [5, 5.41) is 33.2. The molecule has 0 radical (unpaired) electrons. The molecule has 4 aliphatic carbocycles. The average Bonchev–Trinajstić information content (AvgIpc) is 1.98. The maximum Gasteiger partial charge on any atom is 0.408 e. The van der Waals surface area contributed by atoms with Gasteiger partial charge in [-0.25, -0.2) is 33.9 Å². The highest BCUT2D eigenvalue weighted by molar-refractivity contribution is 5.97. The number of H-pyrrole nitrogens is 1. The second-order valence-corrected chi connectivity index (χ2v) is 20.4. The van der Waals surface area contributed by atoms with E-state index in [9.17, 15) is 33.6 Å². The number of rotatable bonds is 20. The summed E-state index contributed by atoms with van der Waals surface area (Å²) in [5.74, 6) is 6.00. The van der Waals surface area contributed by atoms with Gasteiger partial charge in [-0.3, -0.25) is 36.1 Å². The third-order valence-corrected chi connectivity index (χ3v) is 12.6. The summed E-state index contributed by atoms with van der Waals surface area (Å²) < 4.78 is 30.0. The van der Waals surface area contributed by atoms with Crippen LogP contribution >= 0.6 is 0 Å². The number of benzene rings is 4. The number of alkyl carbamates (subject to hydrolysis) is 4. The molecule has 6 amide bonds. The van der Waals surface area contributed by atoms with E-state index in [1.807, 2.05) is 140 Å². The molecule has 88 heavy (non-hydrogen) atoms. The van der Waals surface area contributed by atoms with Crippen molar-refractivity contribution in [1.82, 2.24) is 46.2 Å². The number of aromatic nitrogens is 3. The first-order valence-electron chi connectivity index (χ1n) is 27.3. The molecule has 29 nitrogen and oxygen atoms in total. The van der Waals surface area contributed by atoms with Crippen molar-refractivity contribution in [3.05, 3.63) is 156 Å². The Morgan fingerprint density at radius 1 is 0.568 bits per heavy atom. The second kappa shape index (κ2) is 37.1. The van der Waals surface area contributed by atoms with Crippen molar-refractivity contribution >= 4 is 54.5 Å². The van der Waals surface area contributed by atoms with Crippen LogP contribution in [-0.2, 0) is 79.6 Å². The van der Waals surface area contributed by atoms with Gasteiger partial charge in [-0.15, -0.1) is 0 Å². The zero-order chi connectivity index (χ0) is 65.2. The number of carboxylic acid groups (broad SMARTS) is 2. The van der Waals surface area contributed by atoms with Gasteiger partial charge in [0.15, 0.2) is 0 Å². The van der Waals surface area contributed by atoms with Crippen molar-refractivity contribution in [1.29, 1.82) is 0 Å². The standard InChI is InChI=1S/C15H19N3O3.C13H14N4O2.C12H14N2O3.C12H13NO4.C5H13NO2.C2H4O2.H4N2/c1-18(2)11-16-13(19)15(8-9-15)17-14(20)21-10-12-6-4-3-5-7-12;18-12(19-8-10-4-2-1-3-5-10)16-13(6-7-13)11-14-9-15-17-11;13-10(15)12(6-7-12)14-11(16)17-8-9-4-2-1-3-5-9;14-10(15)12(6-7-12)13-11(16)17-8-9-4-2-1-3-5-9;1-6(2)5(7-3)8-4;1-2(3)4;1-2/h3-7,11H,8-10H2,1-2H3,(H,17,20);1-5,9H,6-8H2,(H,16,18)(H,14,15,17);1-5H,6-8H2,(H2,13,15)(H,14,16);1-5H,6-8H2,(H,13,16)(H,14,15);5H,1-4H3;1H3,(H,3,4);1-2H2. The van der Waals surface area contributed by atoms with Crippen LogP contribution in [0.5, 0.6) is 0 Å². The number of aliphatic carboxylic acids is 2. The van der Waals surface area contributed by atoms with Crippen LogP contribution in [0.3, 0.4) is 0 Å². The molecule has 0 bridgehead atoms. The minimum atomic E-state index is -1.09. The average molecular weight is 1230 g/mol. The van der Waals surface area contributed by atoms with Gasteiger partial charge < -0.3 is 70.5 Å². The lowest BCUT2D eigenvalue weighted by atomic mass is 10.2. The van der Waals surface area contributed by atoms with E-state index < -0.39 is 64.4 Å². The highest BCUT2D eigenvalue weighted by Crippen LogP contribution is 2.43. The van der Waals surface area contributed by atoms with E-state index in [4.69, 9.17) is 49.2 Å². The van der Waals surface area contributed by atoms with E-state index in [-0.39, 0.29) is 38.7 Å². The van der Waals surface area contributed by atoms with Crippen molar-refractivity contribution in [2.75, 3.05) is 42.4 Å². The van der Waals surface area contributed by atoms with Crippen molar-refractivity contribution in [2.45, 2.75) is 113 Å². The lowest BCUT2D eigenvalue weighted by Gasteiger charge is -2.19. The number of hydrogen-bond donors (Lipinski definition) is 10. The molecule has 4 saturated carbocycles. The molecule has 4 aliphatic rings. The van der Waals surface area contributed by atoms with E-state index in [1.54, 1.807) is 33.2 Å². The lowest BCUT2D eigenvalue weighted by molar-refractivity contribution is -0.179. The van der Waals surface area contributed by atoms with Gasteiger partial charge in [-0.1, -0.05) is 121 Å². The molecular weight excluding hydrogens is 1150 g/mol. The first kappa shape index (κ1) is 72.7. The molecule has 1 aromatic heterocycles. The number of ether oxygens (including phenoxy) is 6. The van der Waals surface area contributed by atoms with E-state index >= 15 is 0 Å². The number of nitrogens with two attached hydrogens (primary N) is 3. The normalized spacial score (nSPS) is 14.7. The zero-order valence-corrected chi connectivity index (χ0v) is 50.3. The van der Waals surface area contributed by atoms with Crippen LogP contribution in [0.4, 0.5) is 19.2 Å². The quantitative estimate of drug-likeness (QED) is 0.0125. The van der Waals surface area contributed by atoms with Gasteiger partial charge in [-0.05, 0) is 87.7 Å². The maximum atomic E-state index is 11.9. The number of methoxy groups -OCH3 is 2. The Hall–Kier alpha value is -9.55. The summed E-state index contributed by atoms with van der Waals surface area (Å²) in [5.41, 5.74) is 5.55. The highest BCUT2D eigenvalue weighted by atomic mass is 16.7. The Balaban J connectivity index is 0.000000287. The van der Waals surface area contributed by atoms with E-state index in [1.165, 1.54) is 12.7 Å². The van der Waals surface area contributed by atoms with Crippen molar-refractivity contribution in [3.63, 3.8) is 0 Å².